The maximum absolute atomic E-state index is 14.9. The Morgan fingerprint density at radius 3 is 2.11 bits per heavy atom. The Hall–Kier alpha value is -2.98. The lowest BCUT2D eigenvalue weighted by Gasteiger charge is -2.45. The zero-order valence-electron chi connectivity index (χ0n) is 25.8. The summed E-state index contributed by atoms with van der Waals surface area (Å²) >= 11 is 11.6. The van der Waals surface area contributed by atoms with Gasteiger partial charge in [-0.15, -0.1) is 0 Å². The lowest BCUT2D eigenvalue weighted by Crippen LogP contribution is -2.57. The van der Waals surface area contributed by atoms with Gasteiger partial charge in [-0.05, 0) is 67.6 Å². The molecule has 1 saturated heterocycles. The third kappa shape index (κ3) is 9.75. The van der Waals surface area contributed by atoms with E-state index in [4.69, 9.17) is 27.9 Å². The number of rotatable bonds is 11. The van der Waals surface area contributed by atoms with E-state index in [0.29, 0.717) is 24.3 Å². The second-order valence-corrected chi connectivity index (χ2v) is 13.5. The first kappa shape index (κ1) is 36.5. The van der Waals surface area contributed by atoms with E-state index in [2.05, 4.69) is 0 Å². The fourth-order valence-corrected chi connectivity index (χ4v) is 7.21. The van der Waals surface area contributed by atoms with Crippen molar-refractivity contribution in [1.82, 2.24) is 4.90 Å². The monoisotopic (exact) mass is 678 g/mol. The van der Waals surface area contributed by atoms with Gasteiger partial charge in [0.1, 0.15) is 18.2 Å². The number of ether oxygens (including phenoxy) is 1. The van der Waals surface area contributed by atoms with Crippen LogP contribution in [-0.4, -0.2) is 56.1 Å². The van der Waals surface area contributed by atoms with Crippen LogP contribution in [-0.2, 0) is 24.3 Å². The Morgan fingerprint density at radius 2 is 1.58 bits per heavy atom. The van der Waals surface area contributed by atoms with Gasteiger partial charge in [0, 0.05) is 16.5 Å². The summed E-state index contributed by atoms with van der Waals surface area (Å²) in [6.07, 6.45) is 1.83. The van der Waals surface area contributed by atoms with Crippen LogP contribution < -0.4 is 4.31 Å². The van der Waals surface area contributed by atoms with Crippen molar-refractivity contribution in [3.8, 4) is 0 Å². The maximum Gasteiger partial charge on any atom is 0.252 e. The van der Waals surface area contributed by atoms with Crippen molar-refractivity contribution in [2.45, 2.75) is 76.3 Å². The number of nitrogens with zero attached hydrogens (tertiary/aromatic N) is 2. The summed E-state index contributed by atoms with van der Waals surface area (Å²) in [6.45, 7) is 5.96. The lowest BCUT2D eigenvalue weighted by molar-refractivity contribution is -0.164. The molecule has 0 radical (unpaired) electrons. The summed E-state index contributed by atoms with van der Waals surface area (Å²) in [7, 11) is -3.82. The van der Waals surface area contributed by atoms with Crippen LogP contribution in [0.5, 0.6) is 0 Å². The van der Waals surface area contributed by atoms with Crippen molar-refractivity contribution >= 4 is 51.1 Å². The average Bonchev–Trinajstić information content (AvgIpc) is 3.91. The molecule has 1 aliphatic carbocycles. The predicted molar refractivity (Wildman–Crippen MR) is 179 cm³/mol. The molecule has 3 aromatic carbocycles. The molecule has 0 bridgehead atoms. The number of halogens is 3. The number of hydrogen-bond acceptors (Lipinski definition) is 5. The molecule has 3 atom stereocenters. The normalized spacial score (nSPS) is 18.5. The summed E-state index contributed by atoms with van der Waals surface area (Å²) in [4.78, 5) is 26.3. The minimum Gasteiger partial charge on any atom is -0.366 e. The topological polar surface area (TPSA) is 84.0 Å². The number of amides is 1. The molecule has 0 unspecified atom stereocenters. The predicted octanol–water partition coefficient (Wildman–Crippen LogP) is 7.87. The summed E-state index contributed by atoms with van der Waals surface area (Å²) in [5, 5.41) is 0.787. The van der Waals surface area contributed by atoms with Gasteiger partial charge in [-0.25, -0.2) is 12.8 Å². The Bertz CT molecular complexity index is 1470. The number of para-hydroxylation sites is 1. The highest BCUT2D eigenvalue weighted by atomic mass is 35.5. The second-order valence-electron chi connectivity index (χ2n) is 10.5. The number of morpholine rings is 1. The number of sulfonamides is 1. The summed E-state index contributed by atoms with van der Waals surface area (Å²) in [5.74, 6) is -0.949. The molecule has 1 amide bonds. The summed E-state index contributed by atoms with van der Waals surface area (Å²) in [5.41, 5.74) is 0.770. The van der Waals surface area contributed by atoms with Crippen LogP contribution in [0.1, 0.15) is 64.5 Å². The van der Waals surface area contributed by atoms with Crippen LogP contribution >= 0.6 is 23.2 Å². The highest BCUT2D eigenvalue weighted by molar-refractivity contribution is 7.93. The number of aldehydes is 1. The molecule has 5 rings (SSSR count). The molecule has 1 saturated carbocycles. The number of carbonyl (C=O) groups excluding carboxylic acids is 2. The Morgan fingerprint density at radius 1 is 0.978 bits per heavy atom. The van der Waals surface area contributed by atoms with Gasteiger partial charge in [0.2, 0.25) is 10.0 Å². The van der Waals surface area contributed by atoms with Gasteiger partial charge in [0.05, 0.1) is 36.2 Å². The van der Waals surface area contributed by atoms with Crippen LogP contribution in [0.15, 0.2) is 78.9 Å². The van der Waals surface area contributed by atoms with Gasteiger partial charge in [-0.3, -0.25) is 9.10 Å². The first-order chi connectivity index (χ1) is 21.7. The van der Waals surface area contributed by atoms with Gasteiger partial charge in [-0.2, -0.15) is 0 Å². The minimum absolute atomic E-state index is 0.0240. The van der Waals surface area contributed by atoms with Gasteiger partial charge in [0.15, 0.2) is 0 Å². The number of benzene rings is 3. The van der Waals surface area contributed by atoms with Crippen LogP contribution in [0.25, 0.3) is 0 Å². The first-order valence-corrected chi connectivity index (χ1v) is 17.5. The van der Waals surface area contributed by atoms with E-state index in [-0.39, 0.29) is 37.6 Å². The minimum atomic E-state index is -3.82. The molecule has 3 aromatic rings. The number of anilines is 1. The van der Waals surface area contributed by atoms with E-state index >= 15 is 0 Å². The summed E-state index contributed by atoms with van der Waals surface area (Å²) < 4.78 is 48.7. The fourth-order valence-electron chi connectivity index (χ4n) is 5.04. The maximum atomic E-state index is 14.9. The number of carbonyl (C=O) groups is 2. The van der Waals surface area contributed by atoms with Crippen LogP contribution in [0, 0.1) is 5.82 Å². The van der Waals surface area contributed by atoms with Crippen LogP contribution in [0.2, 0.25) is 10.0 Å². The molecule has 0 aromatic heterocycles. The molecule has 7 nitrogen and oxygen atoms in total. The van der Waals surface area contributed by atoms with E-state index in [1.54, 1.807) is 23.1 Å². The molecule has 1 heterocycles. The fraction of sp³-hybridized carbons (Fsp3) is 0.412. The number of hydrogen-bond donors (Lipinski definition) is 0. The van der Waals surface area contributed by atoms with Gasteiger partial charge in [0.25, 0.3) is 5.91 Å². The van der Waals surface area contributed by atoms with Crippen molar-refractivity contribution in [2.75, 3.05) is 17.5 Å². The molecule has 0 spiro atoms. The molecule has 2 fully saturated rings. The average molecular weight is 680 g/mol. The van der Waals surface area contributed by atoms with Crippen molar-refractivity contribution < 1.29 is 27.1 Å². The molecular formula is C34H41Cl2FN2O5S. The highest BCUT2D eigenvalue weighted by Crippen LogP contribution is 2.37. The molecule has 11 heteroatoms. The summed E-state index contributed by atoms with van der Waals surface area (Å²) in [6, 6.07) is 21.3. The third-order valence-corrected chi connectivity index (χ3v) is 10.2. The molecule has 244 valence electrons. The Kier molecular flexibility index (Phi) is 14.3. The lowest BCUT2D eigenvalue weighted by atomic mass is 9.98. The van der Waals surface area contributed by atoms with Gasteiger partial charge < -0.3 is 14.4 Å². The van der Waals surface area contributed by atoms with Crippen molar-refractivity contribution in [3.05, 3.63) is 100 Å². The molecular weight excluding hydrogens is 638 g/mol. The van der Waals surface area contributed by atoms with Crippen LogP contribution in [0.4, 0.5) is 10.1 Å². The first-order valence-electron chi connectivity index (χ1n) is 15.3. The molecule has 1 aliphatic heterocycles. The van der Waals surface area contributed by atoms with E-state index < -0.39 is 39.3 Å². The smallest absolute Gasteiger partial charge is 0.252 e. The van der Waals surface area contributed by atoms with Crippen LogP contribution in [0.3, 0.4) is 0 Å². The van der Waals surface area contributed by atoms with Crippen molar-refractivity contribution in [1.29, 1.82) is 0 Å². The molecule has 2 aliphatic rings. The standard InChI is InChI=1S/C26H30ClFN2O5S.C6H5Cl.C2H6/c1-2-20(16-29(36(33,34)21-13-14-21)23-7-4-3-6-22(23)28)30-24(18-9-11-19(27)12-10-18)17-35-25(26(30)32)8-5-15-31;7-6-4-2-1-3-5-6;1-2/h3-4,6-7,9-12,15,20-21,24-25H,2,5,8,13-14,16-17H2,1H3;1-5H;1-2H3/t20-,24-,25+;;/m0../s1. The largest absolute Gasteiger partial charge is 0.366 e. The van der Waals surface area contributed by atoms with Gasteiger partial charge in [-0.1, -0.05) is 86.4 Å². The third-order valence-electron chi connectivity index (χ3n) is 7.47. The van der Waals surface area contributed by atoms with E-state index in [1.807, 2.05) is 63.2 Å². The second kappa shape index (κ2) is 17.6. The van der Waals surface area contributed by atoms with E-state index in [0.717, 1.165) is 21.2 Å². The van der Waals surface area contributed by atoms with E-state index in [1.165, 1.54) is 18.2 Å². The SMILES string of the molecule is CC.CC[C@@H](CN(c1ccccc1F)S(=O)(=O)C1CC1)N1C(=O)[C@@H](CCC=O)OC[C@H]1c1ccc(Cl)cc1.Clc1ccccc1. The van der Waals surface area contributed by atoms with Crippen molar-refractivity contribution in [2.24, 2.45) is 0 Å². The molecule has 0 N–H and O–H groups in total. The Balaban J connectivity index is 0.000000534. The highest BCUT2D eigenvalue weighted by Gasteiger charge is 2.45. The Labute approximate surface area is 276 Å². The van der Waals surface area contributed by atoms with Crippen molar-refractivity contribution in [3.63, 3.8) is 0 Å². The molecule has 45 heavy (non-hydrogen) atoms. The van der Waals surface area contributed by atoms with Gasteiger partial charge >= 0.3 is 0 Å². The zero-order valence-corrected chi connectivity index (χ0v) is 28.1. The zero-order chi connectivity index (χ0) is 33.0. The van der Waals surface area contributed by atoms with E-state index in [9.17, 15) is 22.4 Å². The quantitative estimate of drug-likeness (QED) is 0.193.